The number of rotatable bonds is 4. The molecular weight excluding hydrogens is 375 g/mol. The van der Waals surface area contributed by atoms with Crippen molar-refractivity contribution in [2.24, 2.45) is 5.73 Å². The predicted octanol–water partition coefficient (Wildman–Crippen LogP) is 4.37. The van der Waals surface area contributed by atoms with Crippen molar-refractivity contribution >= 4 is 11.8 Å². The van der Waals surface area contributed by atoms with Gasteiger partial charge in [-0.05, 0) is 36.8 Å². The van der Waals surface area contributed by atoms with Gasteiger partial charge in [-0.15, -0.1) is 16.9 Å². The van der Waals surface area contributed by atoms with Crippen LogP contribution in [-0.4, -0.2) is 10.2 Å². The van der Waals surface area contributed by atoms with Crippen molar-refractivity contribution in [3.8, 4) is 11.9 Å². The smallest absolute Gasteiger partial charge is 0.244 e. The van der Waals surface area contributed by atoms with Gasteiger partial charge in [-0.1, -0.05) is 29.8 Å². The Morgan fingerprint density at radius 1 is 1.21 bits per heavy atom. The average molecular weight is 392 g/mol. The molecule has 1 aliphatic heterocycles. The van der Waals surface area contributed by atoms with Crippen molar-refractivity contribution in [2.45, 2.75) is 23.5 Å². The molecule has 0 saturated carbocycles. The number of nitrogens with zero attached hydrogens (tertiary/aromatic N) is 2. The second-order valence-electron chi connectivity index (χ2n) is 6.50. The molecule has 0 spiro atoms. The summed E-state index contributed by atoms with van der Waals surface area (Å²) in [4.78, 5) is 1.12. The van der Waals surface area contributed by atoms with E-state index in [1.165, 1.54) is 17.7 Å². The van der Waals surface area contributed by atoms with Crippen LogP contribution in [0.4, 0.5) is 4.39 Å². The fraction of sp³-hybridized carbons (Fsp3) is 0.143. The van der Waals surface area contributed by atoms with E-state index in [1.54, 1.807) is 23.9 Å². The highest BCUT2D eigenvalue weighted by Gasteiger charge is 2.35. The summed E-state index contributed by atoms with van der Waals surface area (Å²) in [5, 5.41) is 16.9. The molecule has 7 heteroatoms. The molecule has 5 nitrogen and oxygen atoms in total. The van der Waals surface area contributed by atoms with E-state index in [9.17, 15) is 9.65 Å². The third-order valence-corrected chi connectivity index (χ3v) is 5.66. The van der Waals surface area contributed by atoms with Gasteiger partial charge in [0.05, 0.1) is 17.2 Å². The molecule has 2 aromatic carbocycles. The Bertz CT molecular complexity index is 1080. The van der Waals surface area contributed by atoms with Crippen molar-refractivity contribution in [2.75, 3.05) is 0 Å². The first-order chi connectivity index (χ1) is 13.6. The van der Waals surface area contributed by atoms with Crippen LogP contribution in [0.25, 0.3) is 0 Å². The molecule has 1 unspecified atom stereocenters. The quantitative estimate of drug-likeness (QED) is 0.644. The minimum Gasteiger partial charge on any atom is -0.420 e. The number of aromatic amines is 1. The van der Waals surface area contributed by atoms with Gasteiger partial charge in [0.15, 0.2) is 0 Å². The molecule has 0 fully saturated rings. The molecular formula is C21H17FN4OS. The van der Waals surface area contributed by atoms with Crippen LogP contribution in [-0.2, 0) is 5.75 Å². The SMILES string of the molecule is Cc1ccc(SCc2[nH]nc3c2C(c2ccc(F)cc2)C(C#N)=C(N)O3)cc1. The Labute approximate surface area is 166 Å². The van der Waals surface area contributed by atoms with Crippen molar-refractivity contribution in [3.63, 3.8) is 0 Å². The van der Waals surface area contributed by atoms with Gasteiger partial charge in [0.2, 0.25) is 11.8 Å². The minimum atomic E-state index is -0.457. The maximum absolute atomic E-state index is 13.4. The van der Waals surface area contributed by atoms with Gasteiger partial charge in [0, 0.05) is 10.6 Å². The largest absolute Gasteiger partial charge is 0.420 e. The second-order valence-corrected chi connectivity index (χ2v) is 7.55. The molecule has 4 rings (SSSR count). The molecule has 1 aliphatic rings. The molecule has 0 aliphatic carbocycles. The number of hydrogen-bond donors (Lipinski definition) is 2. The lowest BCUT2D eigenvalue weighted by Crippen LogP contribution is -2.21. The molecule has 0 radical (unpaired) electrons. The van der Waals surface area contributed by atoms with Crippen molar-refractivity contribution in [1.82, 2.24) is 10.2 Å². The Balaban J connectivity index is 1.71. The lowest BCUT2D eigenvalue weighted by atomic mass is 9.84. The molecule has 0 bridgehead atoms. The minimum absolute atomic E-state index is 0.0218. The molecule has 28 heavy (non-hydrogen) atoms. The summed E-state index contributed by atoms with van der Waals surface area (Å²) in [5.41, 5.74) is 9.81. The van der Waals surface area contributed by atoms with Crippen LogP contribution in [0.5, 0.6) is 5.88 Å². The zero-order valence-electron chi connectivity index (χ0n) is 15.1. The van der Waals surface area contributed by atoms with Gasteiger partial charge in [0.25, 0.3) is 0 Å². The number of H-pyrrole nitrogens is 1. The van der Waals surface area contributed by atoms with E-state index in [-0.39, 0.29) is 11.7 Å². The number of nitrogens with one attached hydrogen (secondary N) is 1. The third kappa shape index (κ3) is 3.35. The summed E-state index contributed by atoms with van der Waals surface area (Å²) < 4.78 is 19.0. The number of ether oxygens (including phenoxy) is 1. The summed E-state index contributed by atoms with van der Waals surface area (Å²) in [5.74, 6) is 0.194. The number of nitrogens with two attached hydrogens (primary N) is 1. The number of halogens is 1. The van der Waals surface area contributed by atoms with Gasteiger partial charge < -0.3 is 10.5 Å². The van der Waals surface area contributed by atoms with Gasteiger partial charge in [-0.2, -0.15) is 5.26 Å². The van der Waals surface area contributed by atoms with E-state index in [4.69, 9.17) is 10.5 Å². The average Bonchev–Trinajstić information content (AvgIpc) is 3.09. The number of fused-ring (bicyclic) bond motifs is 1. The first kappa shape index (κ1) is 18.1. The Kier molecular flexibility index (Phi) is 4.80. The Morgan fingerprint density at radius 2 is 1.93 bits per heavy atom. The maximum Gasteiger partial charge on any atom is 0.244 e. The number of aryl methyl sites for hydroxylation is 1. The summed E-state index contributed by atoms with van der Waals surface area (Å²) in [6.07, 6.45) is 0. The zero-order chi connectivity index (χ0) is 19.7. The van der Waals surface area contributed by atoms with E-state index in [1.807, 2.05) is 6.92 Å². The summed E-state index contributed by atoms with van der Waals surface area (Å²) >= 11 is 1.65. The zero-order valence-corrected chi connectivity index (χ0v) is 15.9. The lowest BCUT2D eigenvalue weighted by Gasteiger charge is -2.24. The maximum atomic E-state index is 13.4. The van der Waals surface area contributed by atoms with Crippen molar-refractivity contribution in [1.29, 1.82) is 5.26 Å². The number of aromatic nitrogens is 2. The van der Waals surface area contributed by atoms with E-state index >= 15 is 0 Å². The Morgan fingerprint density at radius 3 is 2.61 bits per heavy atom. The number of thioether (sulfide) groups is 1. The lowest BCUT2D eigenvalue weighted by molar-refractivity contribution is 0.378. The third-order valence-electron chi connectivity index (χ3n) is 4.63. The highest BCUT2D eigenvalue weighted by Crippen LogP contribution is 2.43. The first-order valence-corrected chi connectivity index (χ1v) is 9.65. The highest BCUT2D eigenvalue weighted by atomic mass is 32.2. The van der Waals surface area contributed by atoms with Gasteiger partial charge in [0.1, 0.15) is 17.5 Å². The summed E-state index contributed by atoms with van der Waals surface area (Å²) in [6.45, 7) is 2.05. The van der Waals surface area contributed by atoms with Gasteiger partial charge in [-0.25, -0.2) is 4.39 Å². The van der Waals surface area contributed by atoms with Crippen molar-refractivity contribution in [3.05, 3.63) is 88.2 Å². The van der Waals surface area contributed by atoms with E-state index in [0.717, 1.165) is 21.7 Å². The number of allylic oxidation sites excluding steroid dienone is 1. The first-order valence-electron chi connectivity index (χ1n) is 8.66. The molecule has 140 valence electrons. The summed E-state index contributed by atoms with van der Waals surface area (Å²) in [7, 11) is 0. The van der Waals surface area contributed by atoms with Gasteiger partial charge in [-0.3, -0.25) is 5.10 Å². The molecule has 3 N–H and O–H groups in total. The topological polar surface area (TPSA) is 87.7 Å². The van der Waals surface area contributed by atoms with E-state index < -0.39 is 5.92 Å². The van der Waals surface area contributed by atoms with Gasteiger partial charge >= 0.3 is 0 Å². The fourth-order valence-corrected chi connectivity index (χ4v) is 4.06. The molecule has 0 amide bonds. The van der Waals surface area contributed by atoms with Crippen molar-refractivity contribution < 1.29 is 9.13 Å². The van der Waals surface area contributed by atoms with Crippen LogP contribution in [0.15, 0.2) is 64.9 Å². The monoisotopic (exact) mass is 392 g/mol. The molecule has 1 aromatic heterocycles. The van der Waals surface area contributed by atoms with Crippen LogP contribution in [0, 0.1) is 24.1 Å². The second kappa shape index (κ2) is 7.41. The van der Waals surface area contributed by atoms with Crippen LogP contribution in [0.1, 0.15) is 28.3 Å². The number of benzene rings is 2. The summed E-state index contributed by atoms with van der Waals surface area (Å²) in [6, 6.07) is 16.5. The van der Waals surface area contributed by atoms with Crippen LogP contribution in [0.2, 0.25) is 0 Å². The number of hydrogen-bond acceptors (Lipinski definition) is 5. The molecule has 2 heterocycles. The standard InChI is InChI=1S/C21H17FN4OS/c1-12-2-8-15(9-3-12)28-11-17-19-18(13-4-6-14(22)7-5-13)16(10-23)20(24)27-21(19)26-25-17/h2-9,18H,11,24H2,1H3,(H,25,26). The fourth-order valence-electron chi connectivity index (χ4n) is 3.20. The van der Waals surface area contributed by atoms with E-state index in [0.29, 0.717) is 17.2 Å². The van der Waals surface area contributed by atoms with Crippen LogP contribution < -0.4 is 10.5 Å². The van der Waals surface area contributed by atoms with Crippen LogP contribution in [0.3, 0.4) is 0 Å². The highest BCUT2D eigenvalue weighted by molar-refractivity contribution is 7.98. The molecule has 0 saturated heterocycles. The van der Waals surface area contributed by atoms with E-state index in [2.05, 4.69) is 40.5 Å². The molecule has 3 aromatic rings. The number of nitriles is 1. The molecule has 1 atom stereocenters. The van der Waals surface area contributed by atoms with Crippen LogP contribution >= 0.6 is 11.8 Å². The Hall–Kier alpha value is -3.24. The normalized spacial score (nSPS) is 15.7. The predicted molar refractivity (Wildman–Crippen MR) is 105 cm³/mol.